The summed E-state index contributed by atoms with van der Waals surface area (Å²) in [4.78, 5) is 58.6. The lowest BCUT2D eigenvalue weighted by Gasteiger charge is -2.23. The molecule has 0 saturated heterocycles. The largest absolute Gasteiger partial charge is 0.481 e. The molecule has 0 rings (SSSR count). The molecule has 30 heavy (non-hydrogen) atoms. The first kappa shape index (κ1) is 27.6. The maximum atomic E-state index is 12.6. The van der Waals surface area contributed by atoms with Gasteiger partial charge in [-0.15, -0.1) is 0 Å². The number of aliphatic carboxylic acids is 2. The molecule has 0 bridgehead atoms. The maximum absolute atomic E-state index is 12.6. The first-order valence-corrected chi connectivity index (χ1v) is 10.8. The van der Waals surface area contributed by atoms with E-state index in [1.807, 2.05) is 11.6 Å². The fourth-order valence-electron chi connectivity index (χ4n) is 2.37. The Labute approximate surface area is 178 Å². The van der Waals surface area contributed by atoms with Gasteiger partial charge in [0.25, 0.3) is 0 Å². The third kappa shape index (κ3) is 12.2. The van der Waals surface area contributed by atoms with Crippen molar-refractivity contribution in [2.24, 2.45) is 11.5 Å². The van der Waals surface area contributed by atoms with Gasteiger partial charge in [0, 0.05) is 0 Å². The SMILES string of the molecule is CSCCC(NC(=O)C(N)CCCCN)C(=O)NC(CC(=O)O)C(=O)NCC(=O)O. The zero-order chi connectivity index (χ0) is 23.1. The molecule has 0 aromatic heterocycles. The van der Waals surface area contributed by atoms with E-state index < -0.39 is 60.8 Å². The van der Waals surface area contributed by atoms with Crippen LogP contribution in [0.2, 0.25) is 0 Å². The average Bonchev–Trinajstić information content (AvgIpc) is 2.68. The Balaban J connectivity index is 5.12. The maximum Gasteiger partial charge on any atom is 0.322 e. The highest BCUT2D eigenvalue weighted by atomic mass is 32.2. The molecule has 0 aliphatic rings. The van der Waals surface area contributed by atoms with E-state index in [0.29, 0.717) is 31.6 Å². The van der Waals surface area contributed by atoms with Gasteiger partial charge in [-0.3, -0.25) is 24.0 Å². The van der Waals surface area contributed by atoms with Crippen LogP contribution in [0.4, 0.5) is 0 Å². The molecule has 0 aromatic carbocycles. The molecular formula is C17H31N5O7S. The van der Waals surface area contributed by atoms with E-state index >= 15 is 0 Å². The number of carboxylic acid groups (broad SMARTS) is 2. The second-order valence-electron chi connectivity index (χ2n) is 6.50. The molecule has 0 aliphatic carbocycles. The molecule has 0 aliphatic heterocycles. The summed E-state index contributed by atoms with van der Waals surface area (Å²) in [5.74, 6) is -4.44. The minimum absolute atomic E-state index is 0.227. The lowest BCUT2D eigenvalue weighted by Crippen LogP contribution is -2.56. The van der Waals surface area contributed by atoms with Crippen LogP contribution in [0.5, 0.6) is 0 Å². The summed E-state index contributed by atoms with van der Waals surface area (Å²) < 4.78 is 0. The number of amides is 3. The molecule has 12 nitrogen and oxygen atoms in total. The number of hydrogen-bond acceptors (Lipinski definition) is 8. The molecule has 0 saturated carbocycles. The van der Waals surface area contributed by atoms with Gasteiger partial charge in [-0.25, -0.2) is 0 Å². The van der Waals surface area contributed by atoms with Crippen molar-refractivity contribution >= 4 is 41.4 Å². The van der Waals surface area contributed by atoms with E-state index in [9.17, 15) is 24.0 Å². The van der Waals surface area contributed by atoms with Gasteiger partial charge in [-0.05, 0) is 37.8 Å². The van der Waals surface area contributed by atoms with Crippen LogP contribution in [0.25, 0.3) is 0 Å². The number of nitrogens with one attached hydrogen (secondary N) is 3. The monoisotopic (exact) mass is 449 g/mol. The van der Waals surface area contributed by atoms with Crippen molar-refractivity contribution < 1.29 is 34.2 Å². The van der Waals surface area contributed by atoms with Gasteiger partial charge >= 0.3 is 11.9 Å². The Bertz CT molecular complexity index is 605. The standard InChI is InChI=1S/C17H31N5O7S/c1-30-7-5-11(21-15(27)10(19)4-2-3-6-18)17(29)22-12(8-13(23)24)16(28)20-9-14(25)26/h10-12H,2-9,18-19H2,1H3,(H,20,28)(H,21,27)(H,22,29)(H,23,24)(H,25,26). The molecule has 3 amide bonds. The molecule has 0 spiro atoms. The Kier molecular flexibility index (Phi) is 14.2. The Morgan fingerprint density at radius 3 is 2.07 bits per heavy atom. The van der Waals surface area contributed by atoms with E-state index in [2.05, 4.69) is 10.6 Å². The van der Waals surface area contributed by atoms with Crippen LogP contribution in [0.1, 0.15) is 32.1 Å². The fraction of sp³-hybridized carbons (Fsp3) is 0.706. The van der Waals surface area contributed by atoms with Gasteiger partial charge in [0.2, 0.25) is 17.7 Å². The van der Waals surface area contributed by atoms with Crippen molar-refractivity contribution in [1.82, 2.24) is 16.0 Å². The quantitative estimate of drug-likeness (QED) is 0.127. The molecular weight excluding hydrogens is 418 g/mol. The van der Waals surface area contributed by atoms with Crippen molar-refractivity contribution in [2.75, 3.05) is 25.1 Å². The first-order valence-electron chi connectivity index (χ1n) is 9.39. The third-order valence-electron chi connectivity index (χ3n) is 3.98. The zero-order valence-electron chi connectivity index (χ0n) is 16.9. The van der Waals surface area contributed by atoms with Crippen LogP contribution in [-0.4, -0.2) is 83.1 Å². The molecule has 9 N–H and O–H groups in total. The van der Waals surface area contributed by atoms with E-state index in [4.69, 9.17) is 21.7 Å². The van der Waals surface area contributed by atoms with Crippen LogP contribution >= 0.6 is 11.8 Å². The lowest BCUT2D eigenvalue weighted by atomic mass is 10.1. The predicted octanol–water partition coefficient (Wildman–Crippen LogP) is -2.16. The van der Waals surface area contributed by atoms with Crippen LogP contribution in [-0.2, 0) is 24.0 Å². The van der Waals surface area contributed by atoms with Crippen molar-refractivity contribution in [3.05, 3.63) is 0 Å². The predicted molar refractivity (Wildman–Crippen MR) is 111 cm³/mol. The summed E-state index contributed by atoms with van der Waals surface area (Å²) in [6.45, 7) is -0.253. The van der Waals surface area contributed by atoms with E-state index in [0.717, 1.165) is 0 Å². The van der Waals surface area contributed by atoms with Crippen LogP contribution in [0.15, 0.2) is 0 Å². The summed E-state index contributed by atoms with van der Waals surface area (Å²) >= 11 is 1.43. The van der Waals surface area contributed by atoms with Gasteiger partial charge in [0.1, 0.15) is 18.6 Å². The molecule has 0 fully saturated rings. The number of rotatable bonds is 16. The molecule has 172 valence electrons. The van der Waals surface area contributed by atoms with Crippen molar-refractivity contribution in [1.29, 1.82) is 0 Å². The molecule has 0 radical (unpaired) electrons. The minimum Gasteiger partial charge on any atom is -0.481 e. The highest BCUT2D eigenvalue weighted by molar-refractivity contribution is 7.98. The Hall–Kier alpha value is -2.38. The number of unbranched alkanes of at least 4 members (excludes halogenated alkanes) is 1. The van der Waals surface area contributed by atoms with Crippen LogP contribution < -0.4 is 27.4 Å². The van der Waals surface area contributed by atoms with Gasteiger partial charge < -0.3 is 37.6 Å². The molecule has 0 aromatic rings. The van der Waals surface area contributed by atoms with Gasteiger partial charge in [-0.2, -0.15) is 11.8 Å². The summed E-state index contributed by atoms with van der Waals surface area (Å²) in [6, 6.07) is -3.37. The van der Waals surface area contributed by atoms with E-state index in [1.165, 1.54) is 11.8 Å². The van der Waals surface area contributed by atoms with Gasteiger partial charge in [0.15, 0.2) is 0 Å². The number of nitrogens with two attached hydrogens (primary N) is 2. The summed E-state index contributed by atoms with van der Waals surface area (Å²) in [5, 5.41) is 24.4. The Morgan fingerprint density at radius 1 is 0.900 bits per heavy atom. The smallest absolute Gasteiger partial charge is 0.322 e. The number of hydrogen-bond donors (Lipinski definition) is 7. The third-order valence-corrected chi connectivity index (χ3v) is 4.62. The second kappa shape index (κ2) is 15.5. The number of carbonyl (C=O) groups is 5. The van der Waals surface area contributed by atoms with Gasteiger partial charge in [0.05, 0.1) is 12.5 Å². The summed E-state index contributed by atoms with van der Waals surface area (Å²) in [7, 11) is 0. The first-order chi connectivity index (χ1) is 14.1. The second-order valence-corrected chi connectivity index (χ2v) is 7.49. The van der Waals surface area contributed by atoms with Gasteiger partial charge in [-0.1, -0.05) is 6.42 Å². The highest BCUT2D eigenvalue weighted by Gasteiger charge is 2.29. The lowest BCUT2D eigenvalue weighted by molar-refractivity contribution is -0.141. The molecule has 0 heterocycles. The highest BCUT2D eigenvalue weighted by Crippen LogP contribution is 2.05. The van der Waals surface area contributed by atoms with Crippen LogP contribution in [0.3, 0.4) is 0 Å². The van der Waals surface area contributed by atoms with Crippen molar-refractivity contribution in [2.45, 2.75) is 50.2 Å². The van der Waals surface area contributed by atoms with E-state index in [-0.39, 0.29) is 6.42 Å². The summed E-state index contributed by atoms with van der Waals surface area (Å²) in [5.41, 5.74) is 11.2. The fourth-order valence-corrected chi connectivity index (χ4v) is 2.84. The number of carbonyl (C=O) groups excluding carboxylic acids is 3. The molecule has 3 atom stereocenters. The number of carboxylic acids is 2. The molecule has 3 unspecified atom stereocenters. The molecule has 13 heteroatoms. The average molecular weight is 450 g/mol. The topological polar surface area (TPSA) is 214 Å². The van der Waals surface area contributed by atoms with Crippen molar-refractivity contribution in [3.63, 3.8) is 0 Å². The Morgan fingerprint density at radius 2 is 1.53 bits per heavy atom. The summed E-state index contributed by atoms with van der Waals surface area (Å²) in [6.07, 6.45) is 3.03. The minimum atomic E-state index is -1.50. The number of thioether (sulfide) groups is 1. The normalized spacial score (nSPS) is 13.6. The zero-order valence-corrected chi connectivity index (χ0v) is 17.7. The van der Waals surface area contributed by atoms with E-state index in [1.54, 1.807) is 0 Å². The van der Waals surface area contributed by atoms with Crippen LogP contribution in [0, 0.1) is 0 Å². The van der Waals surface area contributed by atoms with Crippen molar-refractivity contribution in [3.8, 4) is 0 Å².